The maximum Gasteiger partial charge on any atom is 0.228 e. The molecule has 1 fully saturated rings. The van der Waals surface area contributed by atoms with Crippen LogP contribution >= 0.6 is 0 Å². The van der Waals surface area contributed by atoms with Gasteiger partial charge in [-0.25, -0.2) is 0 Å². The third-order valence-electron chi connectivity index (χ3n) is 4.05. The molecule has 1 aliphatic rings. The Hall–Kier alpha value is -1.42. The molecule has 20 heavy (non-hydrogen) atoms. The van der Waals surface area contributed by atoms with Gasteiger partial charge in [0.2, 0.25) is 5.91 Å². The first-order valence-corrected chi connectivity index (χ1v) is 7.28. The van der Waals surface area contributed by atoms with E-state index in [0.717, 1.165) is 37.1 Å². The van der Waals surface area contributed by atoms with Crippen LogP contribution in [0.15, 0.2) is 18.2 Å². The summed E-state index contributed by atoms with van der Waals surface area (Å²) in [5.74, 6) is 0.130. The van der Waals surface area contributed by atoms with E-state index in [0.29, 0.717) is 6.61 Å². The monoisotopic (exact) mass is 276 g/mol. The number of hydrogen-bond donors (Lipinski definition) is 1. The van der Waals surface area contributed by atoms with Crippen molar-refractivity contribution < 1.29 is 9.53 Å². The fraction of sp³-hybridized carbons (Fsp3) is 0.625. The highest BCUT2D eigenvalue weighted by atomic mass is 16.5. The van der Waals surface area contributed by atoms with E-state index in [2.05, 4.69) is 10.3 Å². The molecule has 0 bridgehead atoms. The number of aromatic nitrogens is 1. The van der Waals surface area contributed by atoms with Gasteiger partial charge in [0, 0.05) is 31.0 Å². The number of pyridine rings is 1. The number of rotatable bonds is 6. The largest absolute Gasteiger partial charge is 0.384 e. The van der Waals surface area contributed by atoms with E-state index in [4.69, 9.17) is 4.74 Å². The number of amides is 1. The Kier molecular flexibility index (Phi) is 4.76. The van der Waals surface area contributed by atoms with Crippen LogP contribution in [-0.4, -0.2) is 30.6 Å². The zero-order valence-corrected chi connectivity index (χ0v) is 12.6. The maximum absolute atomic E-state index is 12.4. The molecule has 110 valence electrons. The average molecular weight is 276 g/mol. The summed E-state index contributed by atoms with van der Waals surface area (Å²) in [4.78, 5) is 16.9. The zero-order chi connectivity index (χ0) is 14.6. The van der Waals surface area contributed by atoms with Crippen LogP contribution in [0.4, 0.5) is 0 Å². The molecular formula is C16H24N2O2. The Bertz CT molecular complexity index is 469. The van der Waals surface area contributed by atoms with E-state index in [1.165, 1.54) is 0 Å². The molecule has 1 N–H and O–H groups in total. The Morgan fingerprint density at radius 2 is 2.25 bits per heavy atom. The topological polar surface area (TPSA) is 51.2 Å². The van der Waals surface area contributed by atoms with Crippen molar-refractivity contribution in [3.05, 3.63) is 29.6 Å². The van der Waals surface area contributed by atoms with E-state index in [1.54, 1.807) is 7.11 Å². The van der Waals surface area contributed by atoms with E-state index >= 15 is 0 Å². The van der Waals surface area contributed by atoms with Crippen molar-refractivity contribution >= 4 is 5.91 Å². The highest BCUT2D eigenvalue weighted by molar-refractivity contribution is 5.84. The fourth-order valence-electron chi connectivity index (χ4n) is 2.77. The van der Waals surface area contributed by atoms with Gasteiger partial charge in [-0.05, 0) is 38.8 Å². The number of carbonyl (C=O) groups is 1. The molecule has 0 unspecified atom stereocenters. The Morgan fingerprint density at radius 3 is 2.80 bits per heavy atom. The highest BCUT2D eigenvalue weighted by Crippen LogP contribution is 2.41. The smallest absolute Gasteiger partial charge is 0.228 e. The van der Waals surface area contributed by atoms with Crippen molar-refractivity contribution in [2.24, 2.45) is 5.41 Å². The lowest BCUT2D eigenvalue weighted by molar-refractivity contribution is -0.141. The summed E-state index contributed by atoms with van der Waals surface area (Å²) in [6.07, 6.45) is 3.74. The number of ether oxygens (including phenoxy) is 1. The summed E-state index contributed by atoms with van der Waals surface area (Å²) in [5.41, 5.74) is 1.74. The van der Waals surface area contributed by atoms with E-state index < -0.39 is 0 Å². The van der Waals surface area contributed by atoms with Crippen molar-refractivity contribution in [1.29, 1.82) is 0 Å². The normalized spacial score (nSPS) is 18.1. The summed E-state index contributed by atoms with van der Waals surface area (Å²) in [7, 11) is 1.66. The second kappa shape index (κ2) is 6.35. The van der Waals surface area contributed by atoms with Crippen molar-refractivity contribution in [1.82, 2.24) is 10.3 Å². The molecule has 0 spiro atoms. The summed E-state index contributed by atoms with van der Waals surface area (Å²) in [6, 6.07) is 6.08. The second-order valence-corrected chi connectivity index (χ2v) is 5.92. The van der Waals surface area contributed by atoms with Crippen LogP contribution in [0, 0.1) is 12.3 Å². The van der Waals surface area contributed by atoms with Crippen LogP contribution in [0.3, 0.4) is 0 Å². The van der Waals surface area contributed by atoms with E-state index in [1.807, 2.05) is 32.0 Å². The van der Waals surface area contributed by atoms with Crippen molar-refractivity contribution in [2.75, 3.05) is 13.7 Å². The van der Waals surface area contributed by atoms with Gasteiger partial charge >= 0.3 is 0 Å². The first-order chi connectivity index (χ1) is 9.55. The molecule has 1 atom stereocenters. The van der Waals surface area contributed by atoms with Crippen LogP contribution in [0.25, 0.3) is 0 Å². The van der Waals surface area contributed by atoms with Crippen LogP contribution in [0.5, 0.6) is 0 Å². The molecule has 1 aliphatic carbocycles. The molecule has 0 saturated heterocycles. The SMILES string of the molecule is COCC1(C(=O)N[C@@H](C)Cc2cccc(C)n2)CCC1. The van der Waals surface area contributed by atoms with Crippen molar-refractivity contribution in [3.63, 3.8) is 0 Å². The third kappa shape index (κ3) is 3.37. The lowest BCUT2D eigenvalue weighted by Crippen LogP contribution is -2.51. The Balaban J connectivity index is 1.90. The first kappa shape index (κ1) is 15.0. The number of hydrogen-bond acceptors (Lipinski definition) is 3. The van der Waals surface area contributed by atoms with E-state index in [9.17, 15) is 4.79 Å². The quantitative estimate of drug-likeness (QED) is 0.867. The molecule has 2 rings (SSSR count). The molecule has 1 heterocycles. The summed E-state index contributed by atoms with van der Waals surface area (Å²) in [5, 5.41) is 3.12. The van der Waals surface area contributed by atoms with Gasteiger partial charge in [-0.3, -0.25) is 9.78 Å². The number of carbonyl (C=O) groups excluding carboxylic acids is 1. The first-order valence-electron chi connectivity index (χ1n) is 7.28. The van der Waals surface area contributed by atoms with Crippen molar-refractivity contribution in [3.8, 4) is 0 Å². The van der Waals surface area contributed by atoms with Crippen LogP contribution in [0.2, 0.25) is 0 Å². The van der Waals surface area contributed by atoms with Gasteiger partial charge < -0.3 is 10.1 Å². The molecule has 0 radical (unpaired) electrons. The van der Waals surface area contributed by atoms with Gasteiger partial charge in [0.15, 0.2) is 0 Å². The molecule has 0 aliphatic heterocycles. The average Bonchev–Trinajstić information content (AvgIpc) is 2.33. The molecule has 0 aromatic carbocycles. The van der Waals surface area contributed by atoms with Gasteiger partial charge in [-0.15, -0.1) is 0 Å². The lowest BCUT2D eigenvalue weighted by atomic mass is 9.68. The molecule has 1 saturated carbocycles. The van der Waals surface area contributed by atoms with Gasteiger partial charge in [0.25, 0.3) is 0 Å². The fourth-order valence-corrected chi connectivity index (χ4v) is 2.77. The summed E-state index contributed by atoms with van der Waals surface area (Å²) < 4.78 is 5.21. The number of methoxy groups -OCH3 is 1. The number of nitrogens with zero attached hydrogens (tertiary/aromatic N) is 1. The minimum absolute atomic E-state index is 0.0890. The van der Waals surface area contributed by atoms with Gasteiger partial charge in [0.1, 0.15) is 0 Å². The van der Waals surface area contributed by atoms with Crippen LogP contribution in [0.1, 0.15) is 37.6 Å². The zero-order valence-electron chi connectivity index (χ0n) is 12.6. The predicted molar refractivity (Wildman–Crippen MR) is 78.4 cm³/mol. The molecule has 1 aromatic heterocycles. The minimum Gasteiger partial charge on any atom is -0.384 e. The summed E-state index contributed by atoms with van der Waals surface area (Å²) >= 11 is 0. The van der Waals surface area contributed by atoms with Gasteiger partial charge in [-0.2, -0.15) is 0 Å². The summed E-state index contributed by atoms with van der Waals surface area (Å²) in [6.45, 7) is 4.53. The third-order valence-corrected chi connectivity index (χ3v) is 4.05. The predicted octanol–water partition coefficient (Wildman–Crippen LogP) is 2.25. The number of nitrogens with one attached hydrogen (secondary N) is 1. The Morgan fingerprint density at radius 1 is 1.50 bits per heavy atom. The minimum atomic E-state index is -0.289. The molecule has 1 amide bonds. The molecule has 4 heteroatoms. The van der Waals surface area contributed by atoms with Gasteiger partial charge in [-0.1, -0.05) is 12.5 Å². The highest BCUT2D eigenvalue weighted by Gasteiger charge is 2.44. The molecule has 1 aromatic rings. The maximum atomic E-state index is 12.4. The molecular weight excluding hydrogens is 252 g/mol. The van der Waals surface area contributed by atoms with E-state index in [-0.39, 0.29) is 17.4 Å². The number of aryl methyl sites for hydroxylation is 1. The molecule has 4 nitrogen and oxygen atoms in total. The van der Waals surface area contributed by atoms with Crippen molar-refractivity contribution in [2.45, 2.75) is 45.6 Å². The lowest BCUT2D eigenvalue weighted by Gasteiger charge is -2.40. The Labute approximate surface area is 120 Å². The van der Waals surface area contributed by atoms with Crippen LogP contribution in [-0.2, 0) is 16.0 Å². The van der Waals surface area contributed by atoms with Crippen LogP contribution < -0.4 is 5.32 Å². The van der Waals surface area contributed by atoms with Gasteiger partial charge in [0.05, 0.1) is 12.0 Å². The standard InChI is InChI=1S/C16H24N2O2/c1-12-6-4-7-14(17-12)10-13(2)18-15(19)16(11-20-3)8-5-9-16/h4,6-7,13H,5,8-11H2,1-3H3,(H,18,19)/t13-/m0/s1. The second-order valence-electron chi connectivity index (χ2n) is 5.92.